The molecule has 2 N–H and O–H groups in total. The molecule has 1 aromatic heterocycles. The van der Waals surface area contributed by atoms with Gasteiger partial charge in [0.25, 0.3) is 0 Å². The third kappa shape index (κ3) is 2.25. The minimum atomic E-state index is 0.225. The van der Waals surface area contributed by atoms with E-state index in [1.165, 1.54) is 0 Å². The maximum atomic E-state index is 5.71. The summed E-state index contributed by atoms with van der Waals surface area (Å²) in [6, 6.07) is 1.75. The summed E-state index contributed by atoms with van der Waals surface area (Å²) in [4.78, 5) is 4.17. The summed E-state index contributed by atoms with van der Waals surface area (Å²) in [6.07, 6.45) is 0. The molecule has 0 saturated heterocycles. The number of aryl methyl sites for hydroxylation is 1. The number of aliphatic imine (C=N–C) groups is 1. The summed E-state index contributed by atoms with van der Waals surface area (Å²) in [5.74, 6) is 2.05. The van der Waals surface area contributed by atoms with Crippen molar-refractivity contribution < 1.29 is 4.74 Å². The number of nitrogens with zero attached hydrogens (tertiary/aromatic N) is 3. The average molecular weight is 196 g/mol. The monoisotopic (exact) mass is 196 g/mol. The maximum absolute atomic E-state index is 5.71. The first-order valence-corrected chi connectivity index (χ1v) is 4.46. The fraction of sp³-hybridized carbons (Fsp3) is 0.556. The summed E-state index contributed by atoms with van der Waals surface area (Å²) < 4.78 is 6.68. The number of aromatic nitrogens is 2. The van der Waals surface area contributed by atoms with Gasteiger partial charge in [0.1, 0.15) is 5.84 Å². The molecule has 1 aromatic rings. The zero-order valence-corrected chi connectivity index (χ0v) is 8.98. The SMILES string of the molecule is COc1cc(N=C(N)C(C)C)nn1C. The summed E-state index contributed by atoms with van der Waals surface area (Å²) >= 11 is 0. The van der Waals surface area contributed by atoms with Crippen LogP contribution in [0.3, 0.4) is 0 Å². The van der Waals surface area contributed by atoms with Crippen LogP contribution in [0.4, 0.5) is 5.82 Å². The van der Waals surface area contributed by atoms with Gasteiger partial charge in [-0.2, -0.15) is 0 Å². The highest BCUT2D eigenvalue weighted by molar-refractivity contribution is 5.84. The van der Waals surface area contributed by atoms with E-state index in [4.69, 9.17) is 10.5 Å². The van der Waals surface area contributed by atoms with Crippen LogP contribution < -0.4 is 10.5 Å². The van der Waals surface area contributed by atoms with Gasteiger partial charge in [0.05, 0.1) is 7.11 Å². The molecule has 0 fully saturated rings. The lowest BCUT2D eigenvalue weighted by Gasteiger charge is -2.00. The van der Waals surface area contributed by atoms with Crippen molar-refractivity contribution >= 4 is 11.7 Å². The van der Waals surface area contributed by atoms with Gasteiger partial charge >= 0.3 is 0 Å². The Morgan fingerprint density at radius 2 is 2.29 bits per heavy atom. The van der Waals surface area contributed by atoms with E-state index in [2.05, 4.69) is 10.1 Å². The van der Waals surface area contributed by atoms with E-state index in [-0.39, 0.29) is 5.92 Å². The van der Waals surface area contributed by atoms with Crippen LogP contribution in [0.1, 0.15) is 13.8 Å². The van der Waals surface area contributed by atoms with Crippen molar-refractivity contribution in [2.24, 2.45) is 23.7 Å². The second-order valence-electron chi connectivity index (χ2n) is 3.36. The highest BCUT2D eigenvalue weighted by atomic mass is 16.5. The van der Waals surface area contributed by atoms with Crippen molar-refractivity contribution in [3.05, 3.63) is 6.07 Å². The lowest BCUT2D eigenvalue weighted by atomic mass is 10.2. The van der Waals surface area contributed by atoms with E-state index in [1.807, 2.05) is 13.8 Å². The summed E-state index contributed by atoms with van der Waals surface area (Å²) in [6.45, 7) is 3.97. The Morgan fingerprint density at radius 3 is 2.71 bits per heavy atom. The van der Waals surface area contributed by atoms with Crippen LogP contribution in [0.5, 0.6) is 5.88 Å². The Bertz CT molecular complexity index is 341. The number of hydrogen-bond acceptors (Lipinski definition) is 3. The van der Waals surface area contributed by atoms with Gasteiger partial charge in [-0.1, -0.05) is 13.8 Å². The summed E-state index contributed by atoms with van der Waals surface area (Å²) in [7, 11) is 3.39. The molecule has 0 aliphatic carbocycles. The minimum Gasteiger partial charge on any atom is -0.481 e. The van der Waals surface area contributed by atoms with Gasteiger partial charge in [0, 0.05) is 19.0 Å². The Balaban J connectivity index is 2.92. The van der Waals surface area contributed by atoms with E-state index in [9.17, 15) is 0 Å². The lowest BCUT2D eigenvalue weighted by Crippen LogP contribution is -2.18. The molecule has 0 radical (unpaired) electrons. The normalized spacial score (nSPS) is 12.2. The second kappa shape index (κ2) is 4.13. The maximum Gasteiger partial charge on any atom is 0.213 e. The highest BCUT2D eigenvalue weighted by Crippen LogP contribution is 2.18. The Labute approximate surface area is 83.6 Å². The molecule has 1 rings (SSSR count). The first kappa shape index (κ1) is 10.6. The largest absolute Gasteiger partial charge is 0.481 e. The molecule has 0 aliphatic rings. The Kier molecular flexibility index (Phi) is 3.11. The molecule has 78 valence electrons. The Hall–Kier alpha value is -1.52. The fourth-order valence-electron chi connectivity index (χ4n) is 0.943. The Morgan fingerprint density at radius 1 is 1.64 bits per heavy atom. The van der Waals surface area contributed by atoms with Crippen LogP contribution in [0.2, 0.25) is 0 Å². The number of methoxy groups -OCH3 is 1. The molecule has 0 saturated carbocycles. The number of amidine groups is 1. The zero-order chi connectivity index (χ0) is 10.7. The molecular weight excluding hydrogens is 180 g/mol. The summed E-state index contributed by atoms with van der Waals surface area (Å²) in [5, 5.41) is 4.13. The molecule has 0 amide bonds. The zero-order valence-electron chi connectivity index (χ0n) is 8.98. The highest BCUT2D eigenvalue weighted by Gasteiger charge is 2.05. The van der Waals surface area contributed by atoms with Gasteiger partial charge in [-0.25, -0.2) is 9.67 Å². The van der Waals surface area contributed by atoms with Crippen molar-refractivity contribution in [2.75, 3.05) is 7.11 Å². The first-order chi connectivity index (χ1) is 6.54. The molecule has 5 heteroatoms. The van der Waals surface area contributed by atoms with E-state index >= 15 is 0 Å². The van der Waals surface area contributed by atoms with Crippen molar-refractivity contribution in [3.63, 3.8) is 0 Å². The van der Waals surface area contributed by atoms with Gasteiger partial charge in [0.15, 0.2) is 5.82 Å². The van der Waals surface area contributed by atoms with Crippen LogP contribution in [0, 0.1) is 5.92 Å². The molecule has 0 atom stereocenters. The van der Waals surface area contributed by atoms with Gasteiger partial charge in [-0.05, 0) is 0 Å². The lowest BCUT2D eigenvalue weighted by molar-refractivity contribution is 0.373. The van der Waals surface area contributed by atoms with Crippen molar-refractivity contribution in [3.8, 4) is 5.88 Å². The van der Waals surface area contributed by atoms with Gasteiger partial charge in [0.2, 0.25) is 5.88 Å². The van der Waals surface area contributed by atoms with E-state index < -0.39 is 0 Å². The minimum absolute atomic E-state index is 0.225. The quantitative estimate of drug-likeness (QED) is 0.581. The first-order valence-electron chi connectivity index (χ1n) is 4.46. The topological polar surface area (TPSA) is 65.4 Å². The van der Waals surface area contributed by atoms with Crippen LogP contribution in [0.15, 0.2) is 11.1 Å². The van der Waals surface area contributed by atoms with E-state index in [0.717, 1.165) is 0 Å². The van der Waals surface area contributed by atoms with Crippen LogP contribution >= 0.6 is 0 Å². The smallest absolute Gasteiger partial charge is 0.213 e. The summed E-state index contributed by atoms with van der Waals surface area (Å²) in [5.41, 5.74) is 5.71. The predicted octanol–water partition coefficient (Wildman–Crippen LogP) is 1.07. The third-order valence-electron chi connectivity index (χ3n) is 1.87. The van der Waals surface area contributed by atoms with Crippen molar-refractivity contribution in [1.29, 1.82) is 0 Å². The molecule has 5 nitrogen and oxygen atoms in total. The van der Waals surface area contributed by atoms with Crippen molar-refractivity contribution in [1.82, 2.24) is 9.78 Å². The molecule has 0 unspecified atom stereocenters. The van der Waals surface area contributed by atoms with Gasteiger partial charge < -0.3 is 10.5 Å². The van der Waals surface area contributed by atoms with Gasteiger partial charge in [-0.15, -0.1) is 5.10 Å². The van der Waals surface area contributed by atoms with Crippen LogP contribution in [-0.2, 0) is 7.05 Å². The molecule has 1 heterocycles. The number of hydrogen-bond donors (Lipinski definition) is 1. The number of ether oxygens (including phenoxy) is 1. The fourth-order valence-corrected chi connectivity index (χ4v) is 0.943. The van der Waals surface area contributed by atoms with Gasteiger partial charge in [-0.3, -0.25) is 0 Å². The second-order valence-corrected chi connectivity index (χ2v) is 3.36. The molecule has 14 heavy (non-hydrogen) atoms. The standard InChI is InChI=1S/C9H16N4O/c1-6(2)9(10)11-7-5-8(14-4)13(3)12-7/h5-6H,1-4H3,(H2,10,11,12). The predicted molar refractivity (Wildman–Crippen MR) is 55.9 cm³/mol. The number of nitrogens with two attached hydrogens (primary N) is 1. The molecule has 0 bridgehead atoms. The molecule has 0 spiro atoms. The molecular formula is C9H16N4O. The molecule has 0 aromatic carbocycles. The third-order valence-corrected chi connectivity index (χ3v) is 1.87. The van der Waals surface area contributed by atoms with Crippen LogP contribution in [0.25, 0.3) is 0 Å². The molecule has 0 aliphatic heterocycles. The van der Waals surface area contributed by atoms with E-state index in [1.54, 1.807) is 24.9 Å². The average Bonchev–Trinajstić information content (AvgIpc) is 2.45. The van der Waals surface area contributed by atoms with Crippen LogP contribution in [-0.4, -0.2) is 22.7 Å². The number of rotatable bonds is 3. The van der Waals surface area contributed by atoms with E-state index in [0.29, 0.717) is 17.5 Å². The van der Waals surface area contributed by atoms with Crippen molar-refractivity contribution in [2.45, 2.75) is 13.8 Å².